The number of amides is 2. The summed E-state index contributed by atoms with van der Waals surface area (Å²) in [6.45, 7) is 3.30. The molecule has 2 aliphatic rings. The van der Waals surface area contributed by atoms with Crippen molar-refractivity contribution >= 4 is 11.8 Å². The van der Waals surface area contributed by atoms with Crippen LogP contribution in [0, 0.1) is 11.8 Å². The molecule has 0 N–H and O–H groups in total. The van der Waals surface area contributed by atoms with E-state index in [1.54, 1.807) is 25.2 Å². The summed E-state index contributed by atoms with van der Waals surface area (Å²) in [7, 11) is 3.51. The van der Waals surface area contributed by atoms with Gasteiger partial charge in [0, 0.05) is 32.8 Å². The Morgan fingerprint density at radius 2 is 2.14 bits per heavy atom. The van der Waals surface area contributed by atoms with Gasteiger partial charge in [-0.2, -0.15) is 5.10 Å². The van der Waals surface area contributed by atoms with E-state index >= 15 is 0 Å². The van der Waals surface area contributed by atoms with Crippen LogP contribution >= 0.6 is 0 Å². The molecule has 0 saturated heterocycles. The standard InChI is InChI=1S/C15H22N4O2/c1-10-6-13(10)15(21)18-8-11-4-5-16-19(11)12(9-18)7-14(20)17(2)3/h4-5,10,12-13H,6-9H2,1-3H3. The number of fused-ring (bicyclic) bond motifs is 1. The summed E-state index contributed by atoms with van der Waals surface area (Å²) in [6.07, 6.45) is 3.12. The molecule has 1 aliphatic carbocycles. The van der Waals surface area contributed by atoms with Crippen molar-refractivity contribution in [1.82, 2.24) is 19.6 Å². The van der Waals surface area contributed by atoms with E-state index in [1.165, 1.54) is 0 Å². The Hall–Kier alpha value is -1.85. The molecular formula is C15H22N4O2. The molecule has 114 valence electrons. The minimum atomic E-state index is -0.0587. The first-order chi connectivity index (χ1) is 9.97. The minimum absolute atomic E-state index is 0.0587. The highest BCUT2D eigenvalue weighted by molar-refractivity contribution is 5.82. The summed E-state index contributed by atoms with van der Waals surface area (Å²) in [5.74, 6) is 0.989. The van der Waals surface area contributed by atoms with E-state index in [-0.39, 0.29) is 23.8 Å². The minimum Gasteiger partial charge on any atom is -0.349 e. The third-order valence-electron chi connectivity index (χ3n) is 4.53. The molecule has 6 heteroatoms. The van der Waals surface area contributed by atoms with Crippen molar-refractivity contribution in [2.24, 2.45) is 11.8 Å². The fraction of sp³-hybridized carbons (Fsp3) is 0.667. The molecule has 0 aromatic carbocycles. The van der Waals surface area contributed by atoms with Crippen LogP contribution in [-0.2, 0) is 16.1 Å². The fourth-order valence-electron chi connectivity index (χ4n) is 2.99. The van der Waals surface area contributed by atoms with Gasteiger partial charge in [-0.3, -0.25) is 14.3 Å². The molecule has 2 amide bonds. The van der Waals surface area contributed by atoms with Gasteiger partial charge in [0.15, 0.2) is 0 Å². The topological polar surface area (TPSA) is 58.4 Å². The predicted octanol–water partition coefficient (Wildman–Crippen LogP) is 0.901. The molecule has 3 atom stereocenters. The number of carbonyl (C=O) groups excluding carboxylic acids is 2. The summed E-state index contributed by atoms with van der Waals surface area (Å²) in [4.78, 5) is 28.0. The van der Waals surface area contributed by atoms with E-state index in [2.05, 4.69) is 12.0 Å². The van der Waals surface area contributed by atoms with Crippen LogP contribution in [0.3, 0.4) is 0 Å². The van der Waals surface area contributed by atoms with Gasteiger partial charge in [0.05, 0.1) is 24.7 Å². The van der Waals surface area contributed by atoms with Gasteiger partial charge in [-0.05, 0) is 18.4 Å². The average Bonchev–Trinajstić information content (AvgIpc) is 2.98. The van der Waals surface area contributed by atoms with Crippen LogP contribution in [0.25, 0.3) is 0 Å². The molecule has 0 radical (unpaired) electrons. The molecular weight excluding hydrogens is 268 g/mol. The number of nitrogens with zero attached hydrogens (tertiary/aromatic N) is 4. The maximum atomic E-state index is 12.5. The highest BCUT2D eigenvalue weighted by atomic mass is 16.2. The Morgan fingerprint density at radius 1 is 1.43 bits per heavy atom. The van der Waals surface area contributed by atoms with E-state index < -0.39 is 0 Å². The van der Waals surface area contributed by atoms with E-state index in [9.17, 15) is 9.59 Å². The molecule has 1 saturated carbocycles. The number of rotatable bonds is 3. The molecule has 1 aromatic heterocycles. The van der Waals surface area contributed by atoms with Gasteiger partial charge in [0.25, 0.3) is 0 Å². The first-order valence-corrected chi connectivity index (χ1v) is 7.48. The first-order valence-electron chi connectivity index (χ1n) is 7.48. The van der Waals surface area contributed by atoms with E-state index in [1.807, 2.05) is 15.6 Å². The van der Waals surface area contributed by atoms with Crippen molar-refractivity contribution in [2.45, 2.75) is 32.4 Å². The van der Waals surface area contributed by atoms with Crippen LogP contribution in [0.15, 0.2) is 12.3 Å². The zero-order chi connectivity index (χ0) is 15.1. The number of carbonyl (C=O) groups is 2. The second kappa shape index (κ2) is 5.16. The number of hydrogen-bond acceptors (Lipinski definition) is 3. The summed E-state index contributed by atoms with van der Waals surface area (Å²) in [6, 6.07) is 1.87. The number of aromatic nitrogens is 2. The lowest BCUT2D eigenvalue weighted by Gasteiger charge is -2.34. The average molecular weight is 290 g/mol. The lowest BCUT2D eigenvalue weighted by atomic mass is 10.1. The van der Waals surface area contributed by atoms with Crippen molar-refractivity contribution in [3.8, 4) is 0 Å². The Balaban J connectivity index is 1.77. The van der Waals surface area contributed by atoms with Crippen molar-refractivity contribution in [3.63, 3.8) is 0 Å². The van der Waals surface area contributed by atoms with Crippen molar-refractivity contribution < 1.29 is 9.59 Å². The third kappa shape index (κ3) is 2.66. The van der Waals surface area contributed by atoms with E-state index in [0.717, 1.165) is 12.1 Å². The van der Waals surface area contributed by atoms with Crippen LogP contribution in [0.5, 0.6) is 0 Å². The van der Waals surface area contributed by atoms with E-state index in [0.29, 0.717) is 25.4 Å². The van der Waals surface area contributed by atoms with Gasteiger partial charge in [-0.1, -0.05) is 6.92 Å². The molecule has 0 spiro atoms. The lowest BCUT2D eigenvalue weighted by molar-refractivity contribution is -0.137. The molecule has 6 nitrogen and oxygen atoms in total. The van der Waals surface area contributed by atoms with Crippen LogP contribution < -0.4 is 0 Å². The van der Waals surface area contributed by atoms with Crippen LogP contribution in [0.1, 0.15) is 31.5 Å². The normalized spacial score (nSPS) is 27.2. The monoisotopic (exact) mass is 290 g/mol. The van der Waals surface area contributed by atoms with Gasteiger partial charge in [-0.15, -0.1) is 0 Å². The molecule has 1 aliphatic heterocycles. The Labute approximate surface area is 124 Å². The summed E-state index contributed by atoms with van der Waals surface area (Å²) < 4.78 is 1.90. The highest BCUT2D eigenvalue weighted by Gasteiger charge is 2.43. The maximum absolute atomic E-state index is 12.5. The predicted molar refractivity (Wildman–Crippen MR) is 77.3 cm³/mol. The van der Waals surface area contributed by atoms with Crippen molar-refractivity contribution in [1.29, 1.82) is 0 Å². The van der Waals surface area contributed by atoms with Crippen LogP contribution in [0.4, 0.5) is 0 Å². The largest absolute Gasteiger partial charge is 0.349 e. The molecule has 1 fully saturated rings. The van der Waals surface area contributed by atoms with Crippen molar-refractivity contribution in [3.05, 3.63) is 18.0 Å². The third-order valence-corrected chi connectivity index (χ3v) is 4.53. The second-order valence-corrected chi connectivity index (χ2v) is 6.45. The van der Waals surface area contributed by atoms with Crippen LogP contribution in [0.2, 0.25) is 0 Å². The Morgan fingerprint density at radius 3 is 2.76 bits per heavy atom. The molecule has 3 rings (SSSR count). The Bertz CT molecular complexity index is 566. The van der Waals surface area contributed by atoms with Gasteiger partial charge >= 0.3 is 0 Å². The van der Waals surface area contributed by atoms with Gasteiger partial charge in [0.1, 0.15) is 0 Å². The number of hydrogen-bond donors (Lipinski definition) is 0. The summed E-state index contributed by atoms with van der Waals surface area (Å²) >= 11 is 0. The molecule has 21 heavy (non-hydrogen) atoms. The molecule has 2 heterocycles. The SMILES string of the molecule is CC1CC1C(=O)N1Cc2ccnn2C(CC(=O)N(C)C)C1. The molecule has 3 unspecified atom stereocenters. The van der Waals surface area contributed by atoms with Gasteiger partial charge in [-0.25, -0.2) is 0 Å². The maximum Gasteiger partial charge on any atom is 0.226 e. The second-order valence-electron chi connectivity index (χ2n) is 6.45. The fourth-order valence-corrected chi connectivity index (χ4v) is 2.99. The first kappa shape index (κ1) is 14.1. The van der Waals surface area contributed by atoms with Gasteiger partial charge < -0.3 is 9.80 Å². The molecule has 1 aromatic rings. The smallest absolute Gasteiger partial charge is 0.226 e. The quantitative estimate of drug-likeness (QED) is 0.831. The van der Waals surface area contributed by atoms with Crippen LogP contribution in [-0.4, -0.2) is 52.0 Å². The molecule has 0 bridgehead atoms. The van der Waals surface area contributed by atoms with Crippen molar-refractivity contribution in [2.75, 3.05) is 20.6 Å². The lowest BCUT2D eigenvalue weighted by Crippen LogP contribution is -2.43. The van der Waals surface area contributed by atoms with Gasteiger partial charge in [0.2, 0.25) is 11.8 Å². The Kier molecular flexibility index (Phi) is 3.47. The zero-order valence-corrected chi connectivity index (χ0v) is 12.8. The summed E-state index contributed by atoms with van der Waals surface area (Å²) in [5.41, 5.74) is 1.01. The summed E-state index contributed by atoms with van der Waals surface area (Å²) in [5, 5.41) is 4.33. The van der Waals surface area contributed by atoms with E-state index in [4.69, 9.17) is 0 Å². The highest BCUT2D eigenvalue weighted by Crippen LogP contribution is 2.40. The zero-order valence-electron chi connectivity index (χ0n) is 12.8.